The Morgan fingerprint density at radius 2 is 1.84 bits per heavy atom. The smallest absolute Gasteiger partial charge is 0.102 e. The average molecular weight is 258 g/mol. The van der Waals surface area contributed by atoms with Gasteiger partial charge in [0.2, 0.25) is 0 Å². The fourth-order valence-corrected chi connectivity index (χ4v) is 2.28. The molecule has 0 amide bonds. The lowest BCUT2D eigenvalue weighted by molar-refractivity contribution is 0.581. The van der Waals surface area contributed by atoms with Gasteiger partial charge in [-0.3, -0.25) is 0 Å². The van der Waals surface area contributed by atoms with E-state index in [-0.39, 0.29) is 11.5 Å². The summed E-state index contributed by atoms with van der Waals surface area (Å²) in [5, 5.41) is 8.47. The first-order valence-corrected chi connectivity index (χ1v) is 6.60. The molecule has 102 valence electrons. The minimum Gasteiger partial charge on any atom is -0.323 e. The van der Waals surface area contributed by atoms with Crippen LogP contribution in [0.3, 0.4) is 0 Å². The third-order valence-corrected chi connectivity index (χ3v) is 3.30. The molecule has 0 saturated heterocycles. The topological polar surface area (TPSA) is 56.7 Å². The maximum Gasteiger partial charge on any atom is 0.102 e. The summed E-state index contributed by atoms with van der Waals surface area (Å²) in [7, 11) is 0. The zero-order valence-corrected chi connectivity index (χ0v) is 12.3. The molecule has 1 aromatic heterocycles. The summed E-state index contributed by atoms with van der Waals surface area (Å²) in [6.07, 6.45) is 0. The number of aromatic nitrogens is 3. The van der Waals surface area contributed by atoms with Crippen molar-refractivity contribution >= 4 is 0 Å². The van der Waals surface area contributed by atoms with Crippen molar-refractivity contribution < 1.29 is 0 Å². The van der Waals surface area contributed by atoms with Gasteiger partial charge in [-0.2, -0.15) is 0 Å². The SMILES string of the molecule is Cc1c(C(C)N)nnn1-c1ccccc1C(C)(C)C. The van der Waals surface area contributed by atoms with E-state index in [4.69, 9.17) is 5.73 Å². The van der Waals surface area contributed by atoms with Gasteiger partial charge < -0.3 is 5.73 Å². The molecule has 1 heterocycles. The average Bonchev–Trinajstić information content (AvgIpc) is 2.70. The molecule has 2 rings (SSSR count). The van der Waals surface area contributed by atoms with Gasteiger partial charge in [-0.05, 0) is 30.9 Å². The van der Waals surface area contributed by atoms with Crippen LogP contribution in [0.25, 0.3) is 5.69 Å². The summed E-state index contributed by atoms with van der Waals surface area (Å²) < 4.78 is 1.89. The van der Waals surface area contributed by atoms with E-state index in [1.165, 1.54) is 5.56 Å². The van der Waals surface area contributed by atoms with Gasteiger partial charge in [0, 0.05) is 6.04 Å². The predicted octanol–water partition coefficient (Wildman–Crippen LogP) is 2.89. The molecule has 0 spiro atoms. The van der Waals surface area contributed by atoms with E-state index in [1.807, 2.05) is 24.6 Å². The lowest BCUT2D eigenvalue weighted by Gasteiger charge is -2.22. The molecule has 4 nitrogen and oxygen atoms in total. The van der Waals surface area contributed by atoms with Gasteiger partial charge in [-0.25, -0.2) is 4.68 Å². The summed E-state index contributed by atoms with van der Waals surface area (Å²) >= 11 is 0. The number of nitrogens with two attached hydrogens (primary N) is 1. The van der Waals surface area contributed by atoms with E-state index in [9.17, 15) is 0 Å². The number of rotatable bonds is 2. The number of nitrogens with zero attached hydrogens (tertiary/aromatic N) is 3. The van der Waals surface area contributed by atoms with Crippen molar-refractivity contribution in [2.24, 2.45) is 5.73 Å². The standard InChI is InChI=1S/C15H22N4/c1-10(16)14-11(2)19(18-17-14)13-9-7-6-8-12(13)15(3,4)5/h6-10H,16H2,1-5H3. The second kappa shape index (κ2) is 4.78. The molecule has 0 saturated carbocycles. The summed E-state index contributed by atoms with van der Waals surface area (Å²) in [6.45, 7) is 10.5. The first-order chi connectivity index (χ1) is 8.82. The van der Waals surface area contributed by atoms with Gasteiger partial charge in [0.05, 0.1) is 11.4 Å². The fourth-order valence-electron chi connectivity index (χ4n) is 2.28. The van der Waals surface area contributed by atoms with Crippen LogP contribution < -0.4 is 5.73 Å². The first kappa shape index (κ1) is 13.7. The van der Waals surface area contributed by atoms with E-state index in [2.05, 4.69) is 49.3 Å². The second-order valence-electron chi connectivity index (χ2n) is 6.03. The minimum atomic E-state index is -0.101. The van der Waals surface area contributed by atoms with E-state index >= 15 is 0 Å². The third kappa shape index (κ3) is 2.54. The molecule has 4 heteroatoms. The highest BCUT2D eigenvalue weighted by Gasteiger charge is 2.21. The largest absolute Gasteiger partial charge is 0.323 e. The van der Waals surface area contributed by atoms with Gasteiger partial charge in [0.25, 0.3) is 0 Å². The Balaban J connectivity index is 2.60. The lowest BCUT2D eigenvalue weighted by atomic mass is 9.86. The Labute approximate surface area is 114 Å². The predicted molar refractivity (Wildman–Crippen MR) is 77.4 cm³/mol. The molecule has 0 aliphatic rings. The molecule has 2 aromatic rings. The van der Waals surface area contributed by atoms with Crippen LogP contribution in [0.4, 0.5) is 0 Å². The van der Waals surface area contributed by atoms with Crippen LogP contribution in [-0.2, 0) is 5.41 Å². The van der Waals surface area contributed by atoms with E-state index in [0.717, 1.165) is 17.1 Å². The normalized spacial score (nSPS) is 13.6. The van der Waals surface area contributed by atoms with Gasteiger partial charge >= 0.3 is 0 Å². The maximum atomic E-state index is 5.91. The van der Waals surface area contributed by atoms with Crippen LogP contribution >= 0.6 is 0 Å². The van der Waals surface area contributed by atoms with Crippen molar-refractivity contribution in [3.63, 3.8) is 0 Å². The van der Waals surface area contributed by atoms with Gasteiger partial charge in [0.15, 0.2) is 0 Å². The van der Waals surface area contributed by atoms with Crippen molar-refractivity contribution in [3.8, 4) is 5.69 Å². The number of hydrogen-bond acceptors (Lipinski definition) is 3. The van der Waals surface area contributed by atoms with Crippen molar-refractivity contribution in [2.75, 3.05) is 0 Å². The molecular weight excluding hydrogens is 236 g/mol. The molecule has 1 aromatic carbocycles. The van der Waals surface area contributed by atoms with Gasteiger partial charge in [0.1, 0.15) is 5.69 Å². The third-order valence-electron chi connectivity index (χ3n) is 3.30. The zero-order valence-electron chi connectivity index (χ0n) is 12.3. The molecule has 1 unspecified atom stereocenters. The summed E-state index contributed by atoms with van der Waals surface area (Å²) in [4.78, 5) is 0. The molecule has 0 fully saturated rings. The Bertz CT molecular complexity index is 576. The molecular formula is C15H22N4. The lowest BCUT2D eigenvalue weighted by Crippen LogP contribution is -2.16. The summed E-state index contributed by atoms with van der Waals surface area (Å²) in [6, 6.07) is 8.20. The molecule has 0 aliphatic carbocycles. The zero-order chi connectivity index (χ0) is 14.2. The number of para-hydroxylation sites is 1. The summed E-state index contributed by atoms with van der Waals surface area (Å²) in [5.41, 5.74) is 10.2. The second-order valence-corrected chi connectivity index (χ2v) is 6.03. The molecule has 0 aliphatic heterocycles. The van der Waals surface area contributed by atoms with Crippen LogP contribution in [0.5, 0.6) is 0 Å². The Kier molecular flexibility index (Phi) is 3.45. The highest BCUT2D eigenvalue weighted by molar-refractivity contribution is 5.45. The van der Waals surface area contributed by atoms with Crippen LogP contribution in [0.15, 0.2) is 24.3 Å². The molecule has 0 bridgehead atoms. The van der Waals surface area contributed by atoms with Crippen molar-refractivity contribution in [3.05, 3.63) is 41.2 Å². The number of hydrogen-bond donors (Lipinski definition) is 1. The van der Waals surface area contributed by atoms with Crippen molar-refractivity contribution in [1.82, 2.24) is 15.0 Å². The van der Waals surface area contributed by atoms with Gasteiger partial charge in [-0.15, -0.1) is 5.10 Å². The molecule has 19 heavy (non-hydrogen) atoms. The first-order valence-electron chi connectivity index (χ1n) is 6.60. The van der Waals surface area contributed by atoms with E-state index in [0.29, 0.717) is 0 Å². The van der Waals surface area contributed by atoms with Crippen LogP contribution in [0, 0.1) is 6.92 Å². The van der Waals surface area contributed by atoms with E-state index in [1.54, 1.807) is 0 Å². The highest BCUT2D eigenvalue weighted by atomic mass is 15.4. The Morgan fingerprint density at radius 3 is 2.37 bits per heavy atom. The van der Waals surface area contributed by atoms with Crippen molar-refractivity contribution in [2.45, 2.75) is 46.1 Å². The quantitative estimate of drug-likeness (QED) is 0.901. The Morgan fingerprint density at radius 1 is 1.21 bits per heavy atom. The molecule has 2 N–H and O–H groups in total. The summed E-state index contributed by atoms with van der Waals surface area (Å²) in [5.74, 6) is 0. The van der Waals surface area contributed by atoms with Crippen LogP contribution in [-0.4, -0.2) is 15.0 Å². The van der Waals surface area contributed by atoms with Crippen LogP contribution in [0.1, 0.15) is 50.7 Å². The molecule has 1 atom stereocenters. The van der Waals surface area contributed by atoms with Crippen LogP contribution in [0.2, 0.25) is 0 Å². The molecule has 0 radical (unpaired) electrons. The van der Waals surface area contributed by atoms with E-state index < -0.39 is 0 Å². The monoisotopic (exact) mass is 258 g/mol. The van der Waals surface area contributed by atoms with Crippen molar-refractivity contribution in [1.29, 1.82) is 0 Å². The Hall–Kier alpha value is -1.68. The van der Waals surface area contributed by atoms with Gasteiger partial charge in [-0.1, -0.05) is 44.2 Å². The number of benzene rings is 1. The highest BCUT2D eigenvalue weighted by Crippen LogP contribution is 2.29. The maximum absolute atomic E-state index is 5.91. The minimum absolute atomic E-state index is 0.0590. The fraction of sp³-hybridized carbons (Fsp3) is 0.467.